The molecule has 0 saturated carbocycles. The van der Waals surface area contributed by atoms with Gasteiger partial charge in [0.1, 0.15) is 0 Å². The van der Waals surface area contributed by atoms with Gasteiger partial charge in [-0.15, -0.1) is 37.1 Å². The summed E-state index contributed by atoms with van der Waals surface area (Å²) in [5, 5.41) is 2.62. The predicted octanol–water partition coefficient (Wildman–Crippen LogP) is 3.50. The second-order valence-electron chi connectivity index (χ2n) is 4.88. The molecule has 0 amide bonds. The smallest absolute Gasteiger partial charge is 0.404 e. The Morgan fingerprint density at radius 1 is 1.35 bits per heavy atom. The molecular weight excluding hydrogens is 426 g/mol. The first-order valence-corrected chi connectivity index (χ1v) is 6.97. The Morgan fingerprint density at radius 3 is 2.74 bits per heavy atom. The number of rotatable bonds is 4. The fourth-order valence-electron chi connectivity index (χ4n) is 2.11. The van der Waals surface area contributed by atoms with Crippen molar-refractivity contribution in [1.29, 1.82) is 0 Å². The van der Waals surface area contributed by atoms with Gasteiger partial charge in [-0.25, -0.2) is 0 Å². The number of hydrogen-bond acceptors (Lipinski definition) is 3. The molecule has 1 aromatic rings. The van der Waals surface area contributed by atoms with Crippen molar-refractivity contribution in [1.82, 2.24) is 0 Å². The van der Waals surface area contributed by atoms with Crippen molar-refractivity contribution in [3.63, 3.8) is 0 Å². The maximum absolute atomic E-state index is 12.3. The third-order valence-electron chi connectivity index (χ3n) is 3.11. The number of nitrogens with two attached hydrogens (primary N) is 1. The Morgan fingerprint density at radius 2 is 2.09 bits per heavy atom. The Balaban J connectivity index is 0.00000264. The van der Waals surface area contributed by atoms with E-state index in [9.17, 15) is 13.2 Å². The minimum absolute atomic E-state index is 0. The van der Waals surface area contributed by atoms with Crippen molar-refractivity contribution in [2.45, 2.75) is 31.7 Å². The summed E-state index contributed by atoms with van der Waals surface area (Å²) >= 11 is 0. The highest BCUT2D eigenvalue weighted by atomic mass is 127. The molecule has 9 heteroatoms. The van der Waals surface area contributed by atoms with E-state index in [1.165, 1.54) is 18.2 Å². The van der Waals surface area contributed by atoms with E-state index in [0.29, 0.717) is 13.2 Å². The number of halogens is 4. The van der Waals surface area contributed by atoms with Gasteiger partial charge in [0.25, 0.3) is 0 Å². The average Bonchev–Trinajstić information content (AvgIpc) is 2.47. The van der Waals surface area contributed by atoms with Crippen molar-refractivity contribution < 1.29 is 22.6 Å². The van der Waals surface area contributed by atoms with Crippen molar-refractivity contribution >= 4 is 35.6 Å². The first kappa shape index (κ1) is 19.8. The number of hydrogen-bond donors (Lipinski definition) is 2. The number of guanidine groups is 1. The number of aliphatic imine (C=N–C) groups is 1. The lowest BCUT2D eigenvalue weighted by atomic mass is 10.1. The Labute approximate surface area is 149 Å². The zero-order valence-corrected chi connectivity index (χ0v) is 14.6. The topological polar surface area (TPSA) is 68.9 Å². The minimum atomic E-state index is -4.76. The zero-order valence-electron chi connectivity index (χ0n) is 12.3. The van der Waals surface area contributed by atoms with Crippen LogP contribution in [0.5, 0.6) is 5.75 Å². The van der Waals surface area contributed by atoms with Crippen LogP contribution in [-0.2, 0) is 4.74 Å². The molecule has 0 radical (unpaired) electrons. The van der Waals surface area contributed by atoms with Gasteiger partial charge in [0.2, 0.25) is 0 Å². The molecule has 0 aliphatic carbocycles. The van der Waals surface area contributed by atoms with Crippen LogP contribution in [0.25, 0.3) is 0 Å². The number of ether oxygens (including phenoxy) is 2. The van der Waals surface area contributed by atoms with E-state index in [2.05, 4.69) is 15.0 Å². The van der Waals surface area contributed by atoms with Crippen LogP contribution >= 0.6 is 24.0 Å². The standard InChI is InChI=1S/C14H18F3N3O2.HI/c15-14(16,17)22-12-7-2-1-6-11(12)20-13(18)19-9-10-5-3-4-8-21-10;/h1-2,6-7,10H,3-5,8-9H2,(H3,18,19,20);1H. The lowest BCUT2D eigenvalue weighted by Gasteiger charge is -2.21. The Kier molecular flexibility index (Phi) is 7.89. The molecule has 1 saturated heterocycles. The third kappa shape index (κ3) is 7.25. The van der Waals surface area contributed by atoms with E-state index < -0.39 is 6.36 Å². The number of nitrogens with zero attached hydrogens (tertiary/aromatic N) is 1. The highest BCUT2D eigenvalue weighted by Crippen LogP contribution is 2.29. The van der Waals surface area contributed by atoms with Gasteiger partial charge in [0.05, 0.1) is 18.3 Å². The molecule has 0 bridgehead atoms. The Hall–Kier alpha value is -1.23. The van der Waals surface area contributed by atoms with Gasteiger partial charge < -0.3 is 20.5 Å². The number of nitrogens with one attached hydrogen (secondary N) is 1. The molecular formula is C14H19F3IN3O2. The minimum Gasteiger partial charge on any atom is -0.404 e. The Bertz CT molecular complexity index is 520. The third-order valence-corrected chi connectivity index (χ3v) is 3.11. The van der Waals surface area contributed by atoms with E-state index in [-0.39, 0.29) is 47.5 Å². The second-order valence-corrected chi connectivity index (χ2v) is 4.88. The van der Waals surface area contributed by atoms with Gasteiger partial charge in [-0.05, 0) is 31.4 Å². The molecule has 1 aliphatic rings. The molecule has 1 atom stereocenters. The molecule has 1 aliphatic heterocycles. The molecule has 3 N–H and O–H groups in total. The van der Waals surface area contributed by atoms with Gasteiger partial charge >= 0.3 is 6.36 Å². The number of benzene rings is 1. The average molecular weight is 445 g/mol. The summed E-state index contributed by atoms with van der Waals surface area (Å²) in [5.74, 6) is -0.338. The quantitative estimate of drug-likeness (QED) is 0.423. The van der Waals surface area contributed by atoms with E-state index in [4.69, 9.17) is 10.5 Å². The van der Waals surface area contributed by atoms with Crippen LogP contribution in [0, 0.1) is 0 Å². The zero-order chi connectivity index (χ0) is 16.0. The van der Waals surface area contributed by atoms with Crippen LogP contribution in [0.4, 0.5) is 18.9 Å². The fraction of sp³-hybridized carbons (Fsp3) is 0.500. The van der Waals surface area contributed by atoms with Gasteiger partial charge in [-0.1, -0.05) is 12.1 Å². The normalized spacial score (nSPS) is 18.9. The van der Waals surface area contributed by atoms with Crippen molar-refractivity contribution in [3.8, 4) is 5.75 Å². The molecule has 1 fully saturated rings. The van der Waals surface area contributed by atoms with Crippen molar-refractivity contribution in [2.24, 2.45) is 10.7 Å². The number of para-hydroxylation sites is 2. The molecule has 130 valence electrons. The van der Waals surface area contributed by atoms with Crippen LogP contribution in [-0.4, -0.2) is 31.6 Å². The summed E-state index contributed by atoms with van der Waals surface area (Å²) in [7, 11) is 0. The van der Waals surface area contributed by atoms with Gasteiger partial charge in [0.15, 0.2) is 11.7 Å². The summed E-state index contributed by atoms with van der Waals surface area (Å²) in [6, 6.07) is 5.65. The maximum atomic E-state index is 12.3. The molecule has 0 aromatic heterocycles. The predicted molar refractivity (Wildman–Crippen MR) is 92.2 cm³/mol. The summed E-state index contributed by atoms with van der Waals surface area (Å²) in [6.45, 7) is 1.08. The van der Waals surface area contributed by atoms with E-state index in [1.54, 1.807) is 6.07 Å². The molecule has 23 heavy (non-hydrogen) atoms. The van der Waals surface area contributed by atoms with Crippen LogP contribution in [0.3, 0.4) is 0 Å². The van der Waals surface area contributed by atoms with Crippen LogP contribution < -0.4 is 15.8 Å². The summed E-state index contributed by atoms with van der Waals surface area (Å²) < 4.78 is 46.4. The molecule has 1 heterocycles. The van der Waals surface area contributed by atoms with Crippen LogP contribution in [0.1, 0.15) is 19.3 Å². The molecule has 0 spiro atoms. The van der Waals surface area contributed by atoms with Crippen molar-refractivity contribution in [3.05, 3.63) is 24.3 Å². The van der Waals surface area contributed by atoms with Gasteiger partial charge in [0, 0.05) is 6.61 Å². The summed E-state index contributed by atoms with van der Waals surface area (Å²) in [5.41, 5.74) is 5.80. The fourth-order valence-corrected chi connectivity index (χ4v) is 2.11. The number of alkyl halides is 3. The lowest BCUT2D eigenvalue weighted by Crippen LogP contribution is -2.28. The lowest BCUT2D eigenvalue weighted by molar-refractivity contribution is -0.274. The monoisotopic (exact) mass is 445 g/mol. The molecule has 1 unspecified atom stereocenters. The van der Waals surface area contributed by atoms with Crippen LogP contribution in [0.2, 0.25) is 0 Å². The molecule has 5 nitrogen and oxygen atoms in total. The van der Waals surface area contributed by atoms with Gasteiger partial charge in [-0.3, -0.25) is 4.99 Å². The van der Waals surface area contributed by atoms with E-state index in [1.807, 2.05) is 0 Å². The van der Waals surface area contributed by atoms with E-state index >= 15 is 0 Å². The first-order valence-electron chi connectivity index (χ1n) is 6.97. The highest BCUT2D eigenvalue weighted by molar-refractivity contribution is 14.0. The second kappa shape index (κ2) is 9.16. The van der Waals surface area contributed by atoms with Crippen LogP contribution in [0.15, 0.2) is 29.3 Å². The summed E-state index contributed by atoms with van der Waals surface area (Å²) in [4.78, 5) is 4.10. The first-order chi connectivity index (χ1) is 10.4. The van der Waals surface area contributed by atoms with E-state index in [0.717, 1.165) is 19.3 Å². The highest BCUT2D eigenvalue weighted by Gasteiger charge is 2.32. The number of anilines is 1. The maximum Gasteiger partial charge on any atom is 0.573 e. The SMILES string of the molecule is I.NC(=NCC1CCCCO1)Nc1ccccc1OC(F)(F)F. The molecule has 1 aromatic carbocycles. The molecule has 2 rings (SSSR count). The van der Waals surface area contributed by atoms with Gasteiger partial charge in [-0.2, -0.15) is 0 Å². The van der Waals surface area contributed by atoms with Crippen molar-refractivity contribution in [2.75, 3.05) is 18.5 Å². The largest absolute Gasteiger partial charge is 0.573 e. The summed E-state index contributed by atoms with van der Waals surface area (Å²) in [6.07, 6.45) is -1.73.